The summed E-state index contributed by atoms with van der Waals surface area (Å²) < 4.78 is 5.59. The van der Waals surface area contributed by atoms with E-state index in [1.165, 1.54) is 6.42 Å². The highest BCUT2D eigenvalue weighted by molar-refractivity contribution is 9.10. The molecule has 0 aromatic carbocycles. The molecular weight excluding hydrogens is 284 g/mol. The van der Waals surface area contributed by atoms with Crippen LogP contribution in [0.1, 0.15) is 40.0 Å². The van der Waals surface area contributed by atoms with Crippen LogP contribution in [-0.2, 0) is 9.53 Å². The molecule has 0 saturated heterocycles. The van der Waals surface area contributed by atoms with Crippen molar-refractivity contribution in [2.24, 2.45) is 16.7 Å². The van der Waals surface area contributed by atoms with Gasteiger partial charge in [0.1, 0.15) is 10.9 Å². The highest BCUT2D eigenvalue weighted by Gasteiger charge is 2.62. The fourth-order valence-corrected chi connectivity index (χ4v) is 3.70. The molecule has 0 aliphatic heterocycles. The van der Waals surface area contributed by atoms with Gasteiger partial charge in [0.25, 0.3) is 0 Å². The van der Waals surface area contributed by atoms with Crippen molar-refractivity contribution in [3.8, 4) is 0 Å². The second kappa shape index (κ2) is 4.23. The lowest BCUT2D eigenvalue weighted by atomic mass is 9.70. The Labute approximate surface area is 111 Å². The quantitative estimate of drug-likeness (QED) is 0.644. The molecule has 0 spiro atoms. The Bertz CT molecular complexity index is 329. The molecule has 0 aromatic rings. The Morgan fingerprint density at radius 3 is 2.59 bits per heavy atom. The van der Waals surface area contributed by atoms with Gasteiger partial charge in [0, 0.05) is 5.41 Å². The number of carbonyl (C=O) groups is 1. The molecule has 4 heteroatoms. The van der Waals surface area contributed by atoms with Crippen molar-refractivity contribution < 1.29 is 14.6 Å². The number of carbonyl (C=O) groups excluding carboxylic acids is 1. The van der Waals surface area contributed by atoms with E-state index in [0.29, 0.717) is 5.92 Å². The maximum Gasteiger partial charge on any atom is 0.322 e. The molecule has 2 bridgehead atoms. The van der Waals surface area contributed by atoms with Gasteiger partial charge in [-0.3, -0.25) is 4.79 Å². The lowest BCUT2D eigenvalue weighted by Crippen LogP contribution is -2.39. The average molecular weight is 305 g/mol. The van der Waals surface area contributed by atoms with Crippen LogP contribution in [-0.4, -0.2) is 28.6 Å². The fourth-order valence-electron chi connectivity index (χ4n) is 3.60. The van der Waals surface area contributed by atoms with Crippen molar-refractivity contribution in [1.82, 2.24) is 0 Å². The Morgan fingerprint density at radius 1 is 1.53 bits per heavy atom. The summed E-state index contributed by atoms with van der Waals surface area (Å²) in [4.78, 5) is 11.1. The summed E-state index contributed by atoms with van der Waals surface area (Å²) in [7, 11) is 0. The predicted molar refractivity (Wildman–Crippen MR) is 68.9 cm³/mol. The summed E-state index contributed by atoms with van der Waals surface area (Å²) in [6.07, 6.45) is 3.36. The highest BCUT2D eigenvalue weighted by atomic mass is 79.9. The van der Waals surface area contributed by atoms with Crippen LogP contribution in [0.2, 0.25) is 0 Å². The second-order valence-corrected chi connectivity index (χ2v) is 7.29. The zero-order valence-corrected chi connectivity index (χ0v) is 12.3. The number of hydrogen-bond donors (Lipinski definition) is 1. The van der Waals surface area contributed by atoms with Crippen LogP contribution in [0.4, 0.5) is 0 Å². The average Bonchev–Trinajstić information content (AvgIpc) is 2.60. The van der Waals surface area contributed by atoms with Crippen LogP contribution in [0.3, 0.4) is 0 Å². The first-order valence-electron chi connectivity index (χ1n) is 6.28. The largest absolute Gasteiger partial charge is 0.461 e. The number of ether oxygens (including phenoxy) is 1. The van der Waals surface area contributed by atoms with E-state index >= 15 is 0 Å². The zero-order chi connectivity index (χ0) is 12.8. The van der Waals surface area contributed by atoms with Crippen LogP contribution in [0.15, 0.2) is 0 Å². The van der Waals surface area contributed by atoms with Crippen LogP contribution in [0.5, 0.6) is 0 Å². The topological polar surface area (TPSA) is 46.5 Å². The van der Waals surface area contributed by atoms with E-state index in [4.69, 9.17) is 9.84 Å². The molecule has 98 valence electrons. The lowest BCUT2D eigenvalue weighted by molar-refractivity contribution is -0.156. The van der Waals surface area contributed by atoms with Crippen LogP contribution in [0, 0.1) is 16.7 Å². The maximum absolute atomic E-state index is 11.7. The molecular formula is C13H21BrO3. The molecule has 2 aliphatic rings. The van der Waals surface area contributed by atoms with E-state index in [1.807, 2.05) is 0 Å². The number of alkyl halides is 1. The van der Waals surface area contributed by atoms with E-state index in [1.54, 1.807) is 0 Å². The van der Waals surface area contributed by atoms with Gasteiger partial charge < -0.3 is 9.84 Å². The third-order valence-corrected chi connectivity index (χ3v) is 6.05. The Balaban J connectivity index is 2.08. The summed E-state index contributed by atoms with van der Waals surface area (Å²) in [5, 5.41) is 8.93. The minimum absolute atomic E-state index is 0.00958. The molecule has 2 rings (SSSR count). The first-order chi connectivity index (χ1) is 7.83. The number of fused-ring (bicyclic) bond motifs is 2. The molecule has 3 nitrogen and oxygen atoms in total. The standard InChI is InChI=1S/C13H21BrO3/c1-12(2)8-4-5-13(12,3)10(6-8)17-11(16)9(14)7-15/h8-10,15H,4-7H2,1-3H3/t8-,9?,10+,13-/m0/s1. The molecule has 0 amide bonds. The molecule has 2 fully saturated rings. The number of halogens is 1. The molecule has 2 aliphatic carbocycles. The number of esters is 1. The zero-order valence-electron chi connectivity index (χ0n) is 10.7. The van der Waals surface area contributed by atoms with E-state index in [2.05, 4.69) is 36.7 Å². The van der Waals surface area contributed by atoms with Gasteiger partial charge in [-0.2, -0.15) is 0 Å². The third-order valence-electron chi connectivity index (χ3n) is 5.39. The first-order valence-corrected chi connectivity index (χ1v) is 7.20. The predicted octanol–water partition coefficient (Wildman–Crippen LogP) is 2.50. The monoisotopic (exact) mass is 304 g/mol. The number of hydrogen-bond acceptors (Lipinski definition) is 3. The van der Waals surface area contributed by atoms with Crippen molar-refractivity contribution in [3.63, 3.8) is 0 Å². The van der Waals surface area contributed by atoms with Gasteiger partial charge in [0.2, 0.25) is 0 Å². The van der Waals surface area contributed by atoms with Crippen molar-refractivity contribution in [2.45, 2.75) is 51.0 Å². The lowest BCUT2D eigenvalue weighted by Gasteiger charge is -2.38. The molecule has 4 atom stereocenters. The van der Waals surface area contributed by atoms with Gasteiger partial charge in [-0.25, -0.2) is 0 Å². The smallest absolute Gasteiger partial charge is 0.322 e. The Kier molecular flexibility index (Phi) is 3.32. The van der Waals surface area contributed by atoms with Gasteiger partial charge in [-0.15, -0.1) is 0 Å². The van der Waals surface area contributed by atoms with Crippen LogP contribution < -0.4 is 0 Å². The van der Waals surface area contributed by atoms with Gasteiger partial charge in [-0.1, -0.05) is 36.7 Å². The number of aliphatic hydroxyl groups is 1. The number of aliphatic hydroxyl groups excluding tert-OH is 1. The molecule has 1 N–H and O–H groups in total. The highest BCUT2D eigenvalue weighted by Crippen LogP contribution is 2.66. The Hall–Kier alpha value is -0.0900. The van der Waals surface area contributed by atoms with Gasteiger partial charge >= 0.3 is 5.97 Å². The van der Waals surface area contributed by atoms with Crippen LogP contribution >= 0.6 is 15.9 Å². The molecule has 0 aromatic heterocycles. The second-order valence-electron chi connectivity index (χ2n) is 6.19. The number of rotatable bonds is 3. The minimum atomic E-state index is -0.590. The van der Waals surface area contributed by atoms with Crippen molar-refractivity contribution >= 4 is 21.9 Å². The Morgan fingerprint density at radius 2 is 2.18 bits per heavy atom. The summed E-state index contributed by atoms with van der Waals surface area (Å²) in [6.45, 7) is 6.60. The summed E-state index contributed by atoms with van der Waals surface area (Å²) in [6, 6.07) is 0. The van der Waals surface area contributed by atoms with Gasteiger partial charge in [0.15, 0.2) is 0 Å². The van der Waals surface area contributed by atoms with E-state index in [-0.39, 0.29) is 29.5 Å². The molecule has 0 heterocycles. The normalized spacial score (nSPS) is 40.3. The van der Waals surface area contributed by atoms with Crippen LogP contribution in [0.25, 0.3) is 0 Å². The SMILES string of the molecule is CC1(C)[C@H]2CC[C@@]1(C)[C@H](OC(=O)C(Br)CO)C2. The third kappa shape index (κ3) is 1.84. The molecule has 17 heavy (non-hydrogen) atoms. The summed E-state index contributed by atoms with van der Waals surface area (Å²) in [5.41, 5.74) is 0.342. The first kappa shape index (κ1) is 13.3. The molecule has 2 saturated carbocycles. The molecule has 1 unspecified atom stereocenters. The van der Waals surface area contributed by atoms with Crippen molar-refractivity contribution in [3.05, 3.63) is 0 Å². The van der Waals surface area contributed by atoms with E-state index in [0.717, 1.165) is 12.8 Å². The summed E-state index contributed by atoms with van der Waals surface area (Å²) in [5.74, 6) is 0.329. The minimum Gasteiger partial charge on any atom is -0.461 e. The van der Waals surface area contributed by atoms with Gasteiger partial charge in [0.05, 0.1) is 6.61 Å². The van der Waals surface area contributed by atoms with E-state index < -0.39 is 4.83 Å². The van der Waals surface area contributed by atoms with E-state index in [9.17, 15) is 4.79 Å². The maximum atomic E-state index is 11.7. The molecule has 0 radical (unpaired) electrons. The van der Waals surface area contributed by atoms with Crippen molar-refractivity contribution in [2.75, 3.05) is 6.61 Å². The van der Waals surface area contributed by atoms with Crippen molar-refractivity contribution in [1.29, 1.82) is 0 Å². The van der Waals surface area contributed by atoms with Gasteiger partial charge in [-0.05, 0) is 30.6 Å². The fraction of sp³-hybridized carbons (Fsp3) is 0.923. The summed E-state index contributed by atoms with van der Waals surface area (Å²) >= 11 is 3.12.